The maximum Gasteiger partial charge on any atom is 0.257 e. The van der Waals surface area contributed by atoms with E-state index in [9.17, 15) is 4.79 Å². The van der Waals surface area contributed by atoms with Gasteiger partial charge in [0.05, 0.1) is 0 Å². The van der Waals surface area contributed by atoms with E-state index >= 15 is 0 Å². The third-order valence-electron chi connectivity index (χ3n) is 5.93. The van der Waals surface area contributed by atoms with Crippen LogP contribution in [0, 0.1) is 0 Å². The van der Waals surface area contributed by atoms with E-state index in [1.165, 1.54) is 73.8 Å². The first kappa shape index (κ1) is 25.1. The Morgan fingerprint density at radius 1 is 0.727 bits per heavy atom. The molecule has 0 atom stereocenters. The molecule has 5 heteroatoms. The summed E-state index contributed by atoms with van der Waals surface area (Å²) in [6.07, 6.45) is 13.5. The van der Waals surface area contributed by atoms with Crippen molar-refractivity contribution in [1.82, 2.24) is 10.2 Å². The number of amides is 1. The Hall–Kier alpha value is -2.53. The van der Waals surface area contributed by atoms with E-state index in [2.05, 4.69) is 53.6 Å². The topological polar surface area (TPSA) is 54.9 Å². The zero-order chi connectivity index (χ0) is 23.3. The molecular formula is C28H37N3OS. The van der Waals surface area contributed by atoms with Gasteiger partial charge in [-0.3, -0.25) is 10.1 Å². The predicted octanol–water partition coefficient (Wildman–Crippen LogP) is 8.09. The number of benzene rings is 2. The summed E-state index contributed by atoms with van der Waals surface area (Å²) in [5, 5.41) is 12.7. The average molecular weight is 464 g/mol. The van der Waals surface area contributed by atoms with Crippen LogP contribution in [0.4, 0.5) is 5.13 Å². The summed E-state index contributed by atoms with van der Waals surface area (Å²) < 4.78 is 0. The summed E-state index contributed by atoms with van der Waals surface area (Å²) in [5.41, 5.74) is 4.32. The van der Waals surface area contributed by atoms with Crippen LogP contribution in [-0.4, -0.2) is 16.1 Å². The molecule has 0 saturated heterocycles. The molecule has 2 aromatic carbocycles. The van der Waals surface area contributed by atoms with Crippen molar-refractivity contribution < 1.29 is 4.79 Å². The van der Waals surface area contributed by atoms with Crippen LogP contribution in [0.15, 0.2) is 48.5 Å². The van der Waals surface area contributed by atoms with Gasteiger partial charge in [-0.2, -0.15) is 0 Å². The first-order chi connectivity index (χ1) is 16.2. The monoisotopic (exact) mass is 463 g/mol. The molecule has 33 heavy (non-hydrogen) atoms. The first-order valence-electron chi connectivity index (χ1n) is 12.5. The van der Waals surface area contributed by atoms with E-state index in [1.54, 1.807) is 0 Å². The molecule has 0 fully saturated rings. The maximum absolute atomic E-state index is 12.6. The average Bonchev–Trinajstić information content (AvgIpc) is 3.29. The molecular weight excluding hydrogens is 426 g/mol. The second-order valence-electron chi connectivity index (χ2n) is 8.70. The van der Waals surface area contributed by atoms with Crippen LogP contribution >= 0.6 is 11.3 Å². The number of carbonyl (C=O) groups is 1. The highest BCUT2D eigenvalue weighted by Gasteiger charge is 2.10. The fourth-order valence-electron chi connectivity index (χ4n) is 3.89. The quantitative estimate of drug-likeness (QED) is 0.246. The molecule has 4 nitrogen and oxygen atoms in total. The van der Waals surface area contributed by atoms with Gasteiger partial charge in [0.25, 0.3) is 5.91 Å². The normalized spacial score (nSPS) is 11.0. The third kappa shape index (κ3) is 8.39. The number of hydrogen-bond donors (Lipinski definition) is 1. The van der Waals surface area contributed by atoms with Crippen LogP contribution < -0.4 is 5.32 Å². The number of aryl methyl sites for hydroxylation is 2. The lowest BCUT2D eigenvalue weighted by molar-refractivity contribution is 0.102. The SMILES string of the molecule is CCCCCCCCc1ccc(-c2ccc(C(=O)Nc3nnc(CCCCC)s3)cc2)cc1. The largest absolute Gasteiger partial charge is 0.296 e. The molecule has 1 N–H and O–H groups in total. The van der Waals surface area contributed by atoms with Crippen LogP contribution in [0.2, 0.25) is 0 Å². The van der Waals surface area contributed by atoms with Gasteiger partial charge >= 0.3 is 0 Å². The number of rotatable bonds is 14. The van der Waals surface area contributed by atoms with Crippen LogP contribution in [0.5, 0.6) is 0 Å². The lowest BCUT2D eigenvalue weighted by Crippen LogP contribution is -2.11. The van der Waals surface area contributed by atoms with E-state index < -0.39 is 0 Å². The molecule has 176 valence electrons. The fraction of sp³-hybridized carbons (Fsp3) is 0.464. The Balaban J connectivity index is 1.48. The van der Waals surface area contributed by atoms with Gasteiger partial charge in [-0.25, -0.2) is 0 Å². The van der Waals surface area contributed by atoms with Crippen molar-refractivity contribution in [2.75, 3.05) is 5.32 Å². The zero-order valence-electron chi connectivity index (χ0n) is 20.1. The molecule has 1 heterocycles. The van der Waals surface area contributed by atoms with E-state index in [0.29, 0.717) is 10.7 Å². The van der Waals surface area contributed by atoms with Crippen molar-refractivity contribution in [2.24, 2.45) is 0 Å². The molecule has 0 radical (unpaired) electrons. The van der Waals surface area contributed by atoms with Crippen molar-refractivity contribution in [3.05, 3.63) is 64.7 Å². The summed E-state index contributed by atoms with van der Waals surface area (Å²) in [7, 11) is 0. The Morgan fingerprint density at radius 2 is 1.30 bits per heavy atom. The smallest absolute Gasteiger partial charge is 0.257 e. The lowest BCUT2D eigenvalue weighted by Gasteiger charge is -2.06. The van der Waals surface area contributed by atoms with Crippen molar-refractivity contribution >= 4 is 22.4 Å². The van der Waals surface area contributed by atoms with Gasteiger partial charge in [0.1, 0.15) is 5.01 Å². The van der Waals surface area contributed by atoms with Crippen molar-refractivity contribution in [2.45, 2.75) is 84.5 Å². The lowest BCUT2D eigenvalue weighted by atomic mass is 10.00. The van der Waals surface area contributed by atoms with Gasteiger partial charge in [-0.15, -0.1) is 10.2 Å². The molecule has 0 saturated carbocycles. The van der Waals surface area contributed by atoms with Crippen LogP contribution in [0.3, 0.4) is 0 Å². The summed E-state index contributed by atoms with van der Waals surface area (Å²) in [6.45, 7) is 4.44. The van der Waals surface area contributed by atoms with Gasteiger partial charge in [0.2, 0.25) is 5.13 Å². The Morgan fingerprint density at radius 3 is 2.00 bits per heavy atom. The van der Waals surface area contributed by atoms with Crippen LogP contribution in [-0.2, 0) is 12.8 Å². The van der Waals surface area contributed by atoms with Crippen molar-refractivity contribution in [3.63, 3.8) is 0 Å². The van der Waals surface area contributed by atoms with E-state index in [0.717, 1.165) is 29.8 Å². The zero-order valence-corrected chi connectivity index (χ0v) is 20.9. The number of hydrogen-bond acceptors (Lipinski definition) is 4. The highest BCUT2D eigenvalue weighted by molar-refractivity contribution is 7.15. The van der Waals surface area contributed by atoms with Crippen LogP contribution in [0.25, 0.3) is 11.1 Å². The molecule has 0 spiro atoms. The molecule has 1 aromatic heterocycles. The van der Waals surface area contributed by atoms with Gasteiger partial charge < -0.3 is 0 Å². The molecule has 0 aliphatic heterocycles. The molecule has 0 aliphatic carbocycles. The number of unbranched alkanes of at least 4 members (excludes halogenated alkanes) is 7. The van der Waals surface area contributed by atoms with E-state index in [4.69, 9.17) is 0 Å². The summed E-state index contributed by atoms with van der Waals surface area (Å²) in [5.74, 6) is -0.146. The summed E-state index contributed by atoms with van der Waals surface area (Å²) in [4.78, 5) is 12.6. The molecule has 3 rings (SSSR count). The summed E-state index contributed by atoms with van der Waals surface area (Å²) in [6, 6.07) is 16.6. The van der Waals surface area contributed by atoms with Gasteiger partial charge in [0.15, 0.2) is 0 Å². The van der Waals surface area contributed by atoms with Gasteiger partial charge in [-0.05, 0) is 48.1 Å². The highest BCUT2D eigenvalue weighted by Crippen LogP contribution is 2.23. The van der Waals surface area contributed by atoms with E-state index in [-0.39, 0.29) is 5.91 Å². The predicted molar refractivity (Wildman–Crippen MR) is 140 cm³/mol. The Bertz CT molecular complexity index is 964. The fourth-order valence-corrected chi connectivity index (χ4v) is 4.66. The summed E-state index contributed by atoms with van der Waals surface area (Å²) >= 11 is 1.46. The minimum absolute atomic E-state index is 0.146. The number of aromatic nitrogens is 2. The van der Waals surface area contributed by atoms with Crippen molar-refractivity contribution in [1.29, 1.82) is 0 Å². The van der Waals surface area contributed by atoms with Gasteiger partial charge in [-0.1, -0.05) is 107 Å². The number of nitrogens with one attached hydrogen (secondary N) is 1. The second-order valence-corrected chi connectivity index (χ2v) is 9.77. The Labute approximate surface area is 202 Å². The van der Waals surface area contributed by atoms with Crippen molar-refractivity contribution in [3.8, 4) is 11.1 Å². The molecule has 1 amide bonds. The number of carbonyl (C=O) groups excluding carboxylic acids is 1. The highest BCUT2D eigenvalue weighted by atomic mass is 32.1. The van der Waals surface area contributed by atoms with E-state index in [1.807, 2.05) is 24.3 Å². The maximum atomic E-state index is 12.6. The standard InChI is InChI=1S/C28H37N3OS/c1-3-5-7-8-9-11-12-22-14-16-23(17-15-22)24-18-20-25(21-19-24)27(32)29-28-31-30-26(33-28)13-10-6-4-2/h14-21H,3-13H2,1-2H3,(H,29,31,32). The number of nitrogens with zero attached hydrogens (tertiary/aromatic N) is 2. The number of anilines is 1. The van der Waals surface area contributed by atoms with Gasteiger partial charge in [0, 0.05) is 12.0 Å². The Kier molecular flexibility index (Phi) is 10.6. The van der Waals surface area contributed by atoms with Crippen LogP contribution in [0.1, 0.15) is 92.6 Å². The minimum atomic E-state index is -0.146. The first-order valence-corrected chi connectivity index (χ1v) is 13.3. The molecule has 0 bridgehead atoms. The third-order valence-corrected chi connectivity index (χ3v) is 6.83. The minimum Gasteiger partial charge on any atom is -0.296 e. The molecule has 0 unspecified atom stereocenters. The second kappa shape index (κ2) is 13.9. The molecule has 3 aromatic rings. The molecule has 0 aliphatic rings.